The Balaban J connectivity index is 1.78. The third-order valence-electron chi connectivity index (χ3n) is 3.21. The van der Waals surface area contributed by atoms with Crippen molar-refractivity contribution in [2.45, 2.75) is 12.6 Å². The average molecular weight is 301 g/mol. The first-order chi connectivity index (χ1) is 10.7. The van der Waals surface area contributed by atoms with Crippen LogP contribution in [0.1, 0.15) is 17.2 Å². The summed E-state index contributed by atoms with van der Waals surface area (Å²) >= 11 is 0. The molecule has 2 aromatic rings. The fraction of sp³-hybridized carbons (Fsp3) is 0.222. The highest BCUT2D eigenvalue weighted by Crippen LogP contribution is 2.14. The smallest absolute Gasteiger partial charge is 0.123 e. The summed E-state index contributed by atoms with van der Waals surface area (Å²) in [5.41, 5.74) is 1.79. The second-order valence-corrected chi connectivity index (χ2v) is 4.94. The van der Waals surface area contributed by atoms with E-state index in [1.54, 1.807) is 18.2 Å². The summed E-state index contributed by atoms with van der Waals surface area (Å²) in [5, 5.41) is 13.2. The summed E-state index contributed by atoms with van der Waals surface area (Å²) in [5.74, 6) is 0.498. The molecule has 0 aliphatic carbocycles. The second-order valence-electron chi connectivity index (χ2n) is 4.94. The molecule has 0 amide bonds. The van der Waals surface area contributed by atoms with E-state index in [0.717, 1.165) is 11.3 Å². The zero-order chi connectivity index (χ0) is 15.8. The molecule has 0 aromatic heterocycles. The van der Waals surface area contributed by atoms with Crippen molar-refractivity contribution in [1.82, 2.24) is 5.32 Å². The van der Waals surface area contributed by atoms with Crippen molar-refractivity contribution < 1.29 is 14.2 Å². The van der Waals surface area contributed by atoms with Crippen LogP contribution >= 0.6 is 0 Å². The van der Waals surface area contributed by atoms with Gasteiger partial charge in [0.15, 0.2) is 0 Å². The number of ether oxygens (including phenoxy) is 1. The van der Waals surface area contributed by atoms with Gasteiger partial charge in [0.1, 0.15) is 18.2 Å². The number of halogens is 1. The molecule has 0 bridgehead atoms. The Hall–Kier alpha value is -2.17. The van der Waals surface area contributed by atoms with Crippen molar-refractivity contribution in [2.24, 2.45) is 0 Å². The van der Waals surface area contributed by atoms with Crippen LogP contribution in [-0.4, -0.2) is 18.3 Å². The second kappa shape index (κ2) is 8.32. The number of hydrogen-bond donors (Lipinski definition) is 2. The molecule has 3 nitrogen and oxygen atoms in total. The minimum atomic E-state index is -0.657. The maximum absolute atomic E-state index is 12.8. The van der Waals surface area contributed by atoms with Crippen LogP contribution in [0.2, 0.25) is 0 Å². The molecule has 2 aromatic carbocycles. The van der Waals surface area contributed by atoms with Crippen molar-refractivity contribution in [1.29, 1.82) is 0 Å². The molecule has 4 heteroatoms. The predicted octanol–water partition coefficient (Wildman–Crippen LogP) is 3.21. The summed E-state index contributed by atoms with van der Waals surface area (Å²) in [6.45, 7) is 5.13. The Labute approximate surface area is 130 Å². The van der Waals surface area contributed by atoms with Crippen molar-refractivity contribution in [3.05, 3.63) is 78.1 Å². The number of aliphatic hydroxyl groups is 1. The molecule has 0 fully saturated rings. The van der Waals surface area contributed by atoms with Gasteiger partial charge in [-0.3, -0.25) is 0 Å². The van der Waals surface area contributed by atoms with Crippen molar-refractivity contribution in [3.8, 4) is 5.75 Å². The van der Waals surface area contributed by atoms with E-state index >= 15 is 0 Å². The van der Waals surface area contributed by atoms with Crippen LogP contribution in [0.4, 0.5) is 4.39 Å². The fourth-order valence-corrected chi connectivity index (χ4v) is 2.01. The topological polar surface area (TPSA) is 41.5 Å². The predicted molar refractivity (Wildman–Crippen MR) is 85.2 cm³/mol. The summed E-state index contributed by atoms with van der Waals surface area (Å²) in [6, 6.07) is 13.6. The Morgan fingerprint density at radius 1 is 1.14 bits per heavy atom. The molecule has 0 spiro atoms. The molecule has 0 saturated carbocycles. The lowest BCUT2D eigenvalue weighted by Crippen LogP contribution is -2.21. The van der Waals surface area contributed by atoms with E-state index < -0.39 is 6.10 Å². The standard InChI is InChI=1S/C18H20FNO2/c1-2-11-22-17-9-3-14(4-10-17)12-20-13-18(21)15-5-7-16(19)8-6-15/h2-10,18,20-21H,1,11-13H2. The average Bonchev–Trinajstić information content (AvgIpc) is 2.54. The van der Waals surface area contributed by atoms with Crippen LogP contribution in [0.15, 0.2) is 61.2 Å². The van der Waals surface area contributed by atoms with E-state index in [0.29, 0.717) is 25.3 Å². The van der Waals surface area contributed by atoms with Crippen LogP contribution < -0.4 is 10.1 Å². The Morgan fingerprint density at radius 2 is 1.82 bits per heavy atom. The highest BCUT2D eigenvalue weighted by atomic mass is 19.1. The Morgan fingerprint density at radius 3 is 2.45 bits per heavy atom. The van der Waals surface area contributed by atoms with Crippen LogP contribution in [0.5, 0.6) is 5.75 Å². The van der Waals surface area contributed by atoms with Crippen LogP contribution in [0.3, 0.4) is 0 Å². The van der Waals surface area contributed by atoms with E-state index in [-0.39, 0.29) is 5.82 Å². The van der Waals surface area contributed by atoms with Crippen LogP contribution in [0.25, 0.3) is 0 Å². The van der Waals surface area contributed by atoms with Crippen LogP contribution in [-0.2, 0) is 6.54 Å². The molecule has 2 N–H and O–H groups in total. The van der Waals surface area contributed by atoms with Gasteiger partial charge < -0.3 is 15.2 Å². The lowest BCUT2D eigenvalue weighted by Gasteiger charge is -2.12. The van der Waals surface area contributed by atoms with E-state index in [1.807, 2.05) is 24.3 Å². The van der Waals surface area contributed by atoms with Gasteiger partial charge in [-0.1, -0.05) is 36.9 Å². The third-order valence-corrected chi connectivity index (χ3v) is 3.21. The molecule has 2 rings (SSSR count). The summed E-state index contributed by atoms with van der Waals surface area (Å²) < 4.78 is 18.2. The molecule has 116 valence electrons. The van der Waals surface area contributed by atoms with Crippen molar-refractivity contribution >= 4 is 0 Å². The van der Waals surface area contributed by atoms with Gasteiger partial charge in [0.25, 0.3) is 0 Å². The molecule has 1 atom stereocenters. The molecular weight excluding hydrogens is 281 g/mol. The third kappa shape index (κ3) is 4.98. The van der Waals surface area contributed by atoms with Gasteiger partial charge in [0.05, 0.1) is 6.10 Å². The summed E-state index contributed by atoms with van der Waals surface area (Å²) in [4.78, 5) is 0. The maximum atomic E-state index is 12.8. The lowest BCUT2D eigenvalue weighted by molar-refractivity contribution is 0.174. The van der Waals surface area contributed by atoms with Gasteiger partial charge in [0.2, 0.25) is 0 Å². The van der Waals surface area contributed by atoms with Gasteiger partial charge in [-0.05, 0) is 35.4 Å². The maximum Gasteiger partial charge on any atom is 0.123 e. The normalized spacial score (nSPS) is 11.9. The number of hydrogen-bond acceptors (Lipinski definition) is 3. The van der Waals surface area contributed by atoms with Gasteiger partial charge >= 0.3 is 0 Å². The lowest BCUT2D eigenvalue weighted by atomic mass is 10.1. The first kappa shape index (κ1) is 16.2. The zero-order valence-corrected chi connectivity index (χ0v) is 12.3. The Bertz CT molecular complexity index is 581. The van der Waals surface area contributed by atoms with E-state index in [4.69, 9.17) is 4.74 Å². The highest BCUT2D eigenvalue weighted by molar-refractivity contribution is 5.27. The van der Waals surface area contributed by atoms with Crippen molar-refractivity contribution in [3.63, 3.8) is 0 Å². The van der Waals surface area contributed by atoms with Crippen molar-refractivity contribution in [2.75, 3.05) is 13.2 Å². The SMILES string of the molecule is C=CCOc1ccc(CNCC(O)c2ccc(F)cc2)cc1. The monoisotopic (exact) mass is 301 g/mol. The van der Waals surface area contributed by atoms with Gasteiger partial charge in [0, 0.05) is 13.1 Å². The van der Waals surface area contributed by atoms with Gasteiger partial charge in [-0.25, -0.2) is 4.39 Å². The molecule has 0 heterocycles. The molecule has 0 radical (unpaired) electrons. The van der Waals surface area contributed by atoms with E-state index in [2.05, 4.69) is 11.9 Å². The first-order valence-electron chi connectivity index (χ1n) is 7.16. The fourth-order valence-electron chi connectivity index (χ4n) is 2.01. The zero-order valence-electron chi connectivity index (χ0n) is 12.3. The molecule has 1 unspecified atom stereocenters. The largest absolute Gasteiger partial charge is 0.490 e. The molecular formula is C18H20FNO2. The molecule has 0 saturated heterocycles. The van der Waals surface area contributed by atoms with E-state index in [9.17, 15) is 9.50 Å². The van der Waals surface area contributed by atoms with E-state index in [1.165, 1.54) is 12.1 Å². The van der Waals surface area contributed by atoms with Gasteiger partial charge in [-0.2, -0.15) is 0 Å². The number of benzene rings is 2. The van der Waals surface area contributed by atoms with Crippen LogP contribution in [0, 0.1) is 5.82 Å². The number of nitrogens with one attached hydrogen (secondary N) is 1. The quantitative estimate of drug-likeness (QED) is 0.736. The molecule has 22 heavy (non-hydrogen) atoms. The minimum absolute atomic E-state index is 0.303. The number of aliphatic hydroxyl groups excluding tert-OH is 1. The Kier molecular flexibility index (Phi) is 6.13. The number of rotatable bonds is 8. The first-order valence-corrected chi connectivity index (χ1v) is 7.16. The summed E-state index contributed by atoms with van der Waals surface area (Å²) in [7, 11) is 0. The van der Waals surface area contributed by atoms with Gasteiger partial charge in [-0.15, -0.1) is 0 Å². The minimum Gasteiger partial charge on any atom is -0.490 e. The highest BCUT2D eigenvalue weighted by Gasteiger charge is 2.07. The molecule has 0 aliphatic heterocycles. The summed E-state index contributed by atoms with van der Waals surface area (Å²) in [6.07, 6.45) is 1.04. The molecule has 0 aliphatic rings.